The van der Waals surface area contributed by atoms with E-state index in [4.69, 9.17) is 9.47 Å². The lowest BCUT2D eigenvalue weighted by Gasteiger charge is -2.27. The first-order chi connectivity index (χ1) is 18.8. The minimum absolute atomic E-state index is 0.0809. The Hall–Kier alpha value is -2.51. The standard InChI is InChI=1S/C33H48N2O4S/c1-9-38-30(36)27(18-19-40-8)35-31(37)39-26-20-28(34-21-26)29(22-10-14-24(15-11-22)32(2,3)4)23-12-16-25(17-13-23)33(5,6)7/h10-17,26-29,34H,9,18-21H2,1-8H3,(H,35,37)/t26-,27+,28?/m1/s1. The SMILES string of the molecule is CCOC(=O)[C@H](CCSC)NC(=O)O[C@H]1CNC(C(c2ccc(C(C)(C)C)cc2)c2ccc(C(C)(C)C)cc2)C1. The van der Waals surface area contributed by atoms with Crippen LogP contribution in [0.15, 0.2) is 48.5 Å². The first-order valence-corrected chi connectivity index (χ1v) is 15.8. The van der Waals surface area contributed by atoms with Gasteiger partial charge in [0.2, 0.25) is 0 Å². The van der Waals surface area contributed by atoms with Crippen molar-refractivity contribution in [3.8, 4) is 0 Å². The van der Waals surface area contributed by atoms with E-state index in [1.54, 1.807) is 18.7 Å². The predicted octanol–water partition coefficient (Wildman–Crippen LogP) is 6.56. The average molecular weight is 569 g/mol. The molecular formula is C33H48N2O4S. The molecule has 2 aromatic carbocycles. The van der Waals surface area contributed by atoms with Crippen LogP contribution in [0.1, 0.15) is 89.5 Å². The minimum Gasteiger partial charge on any atom is -0.464 e. The summed E-state index contributed by atoms with van der Waals surface area (Å²) in [5.41, 5.74) is 5.23. The summed E-state index contributed by atoms with van der Waals surface area (Å²) in [4.78, 5) is 25.1. The Bertz CT molecular complexity index is 1050. The maximum atomic E-state index is 12.8. The van der Waals surface area contributed by atoms with E-state index in [0.29, 0.717) is 19.4 Å². The number of hydrogen-bond donors (Lipinski definition) is 2. The lowest BCUT2D eigenvalue weighted by molar-refractivity contribution is -0.145. The molecule has 1 aliphatic rings. The Morgan fingerprint density at radius 2 is 1.48 bits per heavy atom. The topological polar surface area (TPSA) is 76.7 Å². The van der Waals surface area contributed by atoms with Gasteiger partial charge in [0, 0.05) is 24.9 Å². The molecule has 40 heavy (non-hydrogen) atoms. The molecule has 6 nitrogen and oxygen atoms in total. The highest BCUT2D eigenvalue weighted by Crippen LogP contribution is 2.35. The predicted molar refractivity (Wildman–Crippen MR) is 165 cm³/mol. The molecule has 0 spiro atoms. The van der Waals surface area contributed by atoms with E-state index in [9.17, 15) is 9.59 Å². The first-order valence-electron chi connectivity index (χ1n) is 14.4. The molecule has 0 radical (unpaired) electrons. The number of rotatable bonds is 10. The highest BCUT2D eigenvalue weighted by atomic mass is 32.2. The van der Waals surface area contributed by atoms with Crippen LogP contribution in [0.3, 0.4) is 0 Å². The van der Waals surface area contributed by atoms with Crippen molar-refractivity contribution < 1.29 is 19.1 Å². The van der Waals surface area contributed by atoms with Gasteiger partial charge in [-0.25, -0.2) is 9.59 Å². The highest BCUT2D eigenvalue weighted by Gasteiger charge is 2.35. The third-order valence-electron chi connectivity index (χ3n) is 7.55. The van der Waals surface area contributed by atoms with Crippen LogP contribution in [-0.2, 0) is 25.1 Å². The maximum Gasteiger partial charge on any atom is 0.408 e. The fourth-order valence-corrected chi connectivity index (χ4v) is 5.64. The molecule has 3 rings (SSSR count). The largest absolute Gasteiger partial charge is 0.464 e. The Morgan fingerprint density at radius 3 is 1.93 bits per heavy atom. The van der Waals surface area contributed by atoms with Crippen molar-refractivity contribution in [1.82, 2.24) is 10.6 Å². The number of alkyl carbamates (subject to hydrolysis) is 1. The second-order valence-corrected chi connectivity index (χ2v) is 13.7. The summed E-state index contributed by atoms with van der Waals surface area (Å²) in [6.07, 6.45) is 2.27. The van der Waals surface area contributed by atoms with Crippen LogP contribution in [-0.4, -0.2) is 55.4 Å². The van der Waals surface area contributed by atoms with Crippen LogP contribution >= 0.6 is 11.8 Å². The zero-order chi connectivity index (χ0) is 29.5. The van der Waals surface area contributed by atoms with Gasteiger partial charge in [-0.1, -0.05) is 90.1 Å². The number of carbonyl (C=O) groups excluding carboxylic acids is 2. The van der Waals surface area contributed by atoms with Crippen molar-refractivity contribution in [2.75, 3.05) is 25.2 Å². The minimum atomic E-state index is -0.708. The molecule has 0 aromatic heterocycles. The van der Waals surface area contributed by atoms with Crippen LogP contribution in [0.25, 0.3) is 0 Å². The number of ether oxygens (including phenoxy) is 2. The van der Waals surface area contributed by atoms with E-state index >= 15 is 0 Å². The fraction of sp³-hybridized carbons (Fsp3) is 0.576. The van der Waals surface area contributed by atoms with Gasteiger partial charge in [0.25, 0.3) is 0 Å². The number of esters is 1. The number of amides is 1. The molecule has 7 heteroatoms. The Balaban J connectivity index is 1.78. The van der Waals surface area contributed by atoms with E-state index in [2.05, 4.69) is 101 Å². The fourth-order valence-electron chi connectivity index (χ4n) is 5.17. The molecule has 1 aliphatic heterocycles. The molecule has 0 saturated carbocycles. The van der Waals surface area contributed by atoms with Crippen LogP contribution in [0.4, 0.5) is 4.79 Å². The smallest absolute Gasteiger partial charge is 0.408 e. The Morgan fingerprint density at radius 1 is 0.950 bits per heavy atom. The Kier molecular flexibility index (Phi) is 11.1. The quantitative estimate of drug-likeness (QED) is 0.316. The molecule has 1 heterocycles. The molecule has 220 valence electrons. The van der Waals surface area contributed by atoms with Crippen molar-refractivity contribution in [3.63, 3.8) is 0 Å². The average Bonchev–Trinajstić information content (AvgIpc) is 3.34. The van der Waals surface area contributed by atoms with Crippen LogP contribution in [0, 0.1) is 0 Å². The van der Waals surface area contributed by atoms with Crippen LogP contribution < -0.4 is 10.6 Å². The second kappa shape index (κ2) is 13.9. The van der Waals surface area contributed by atoms with E-state index in [1.807, 2.05) is 6.26 Å². The molecular weight excluding hydrogens is 520 g/mol. The number of benzene rings is 2. The summed E-state index contributed by atoms with van der Waals surface area (Å²) in [6.45, 7) is 15.9. The molecule has 0 aliphatic carbocycles. The van der Waals surface area contributed by atoms with Gasteiger partial charge < -0.3 is 20.1 Å². The van der Waals surface area contributed by atoms with Crippen molar-refractivity contribution in [2.24, 2.45) is 0 Å². The van der Waals surface area contributed by atoms with Crippen molar-refractivity contribution in [1.29, 1.82) is 0 Å². The van der Waals surface area contributed by atoms with Gasteiger partial charge >= 0.3 is 12.1 Å². The number of thioether (sulfide) groups is 1. The number of nitrogens with one attached hydrogen (secondary N) is 2. The van der Waals surface area contributed by atoms with Crippen molar-refractivity contribution in [2.45, 2.75) is 96.2 Å². The highest BCUT2D eigenvalue weighted by molar-refractivity contribution is 7.98. The van der Waals surface area contributed by atoms with Gasteiger partial charge in [-0.3, -0.25) is 0 Å². The van der Waals surface area contributed by atoms with Crippen molar-refractivity contribution in [3.05, 3.63) is 70.8 Å². The van der Waals surface area contributed by atoms with Crippen LogP contribution in [0.2, 0.25) is 0 Å². The van der Waals surface area contributed by atoms with Gasteiger partial charge in [-0.15, -0.1) is 0 Å². The van der Waals surface area contributed by atoms with Gasteiger partial charge in [0.15, 0.2) is 0 Å². The van der Waals surface area contributed by atoms with E-state index in [1.165, 1.54) is 22.3 Å². The zero-order valence-electron chi connectivity index (χ0n) is 25.5. The van der Waals surface area contributed by atoms with Gasteiger partial charge in [0.05, 0.1) is 6.61 Å². The van der Waals surface area contributed by atoms with E-state index in [0.717, 1.165) is 5.75 Å². The molecule has 1 unspecified atom stereocenters. The molecule has 2 N–H and O–H groups in total. The zero-order valence-corrected chi connectivity index (χ0v) is 26.3. The molecule has 2 aromatic rings. The van der Waals surface area contributed by atoms with Crippen molar-refractivity contribution >= 4 is 23.8 Å². The normalized spacial score (nSPS) is 18.4. The molecule has 1 fully saturated rings. The third-order valence-corrected chi connectivity index (χ3v) is 8.19. The number of carbonyl (C=O) groups is 2. The third kappa shape index (κ3) is 8.74. The summed E-state index contributed by atoms with van der Waals surface area (Å²) < 4.78 is 10.9. The molecule has 1 amide bonds. The Labute approximate surface area is 245 Å². The van der Waals surface area contributed by atoms with Gasteiger partial charge in [-0.2, -0.15) is 11.8 Å². The maximum absolute atomic E-state index is 12.8. The molecule has 0 bridgehead atoms. The van der Waals surface area contributed by atoms with Gasteiger partial charge in [0.1, 0.15) is 12.1 Å². The molecule has 3 atom stereocenters. The second-order valence-electron chi connectivity index (χ2n) is 12.7. The van der Waals surface area contributed by atoms with Crippen LogP contribution in [0.5, 0.6) is 0 Å². The summed E-state index contributed by atoms with van der Waals surface area (Å²) in [5.74, 6) is 0.419. The number of hydrogen-bond acceptors (Lipinski definition) is 6. The summed E-state index contributed by atoms with van der Waals surface area (Å²) in [5, 5.41) is 6.36. The monoisotopic (exact) mass is 568 g/mol. The van der Waals surface area contributed by atoms with E-state index < -0.39 is 18.1 Å². The molecule has 1 saturated heterocycles. The van der Waals surface area contributed by atoms with E-state index in [-0.39, 0.29) is 35.5 Å². The summed E-state index contributed by atoms with van der Waals surface area (Å²) in [6, 6.07) is 17.2. The summed E-state index contributed by atoms with van der Waals surface area (Å²) >= 11 is 1.62. The van der Waals surface area contributed by atoms with Gasteiger partial charge in [-0.05, 0) is 58.4 Å². The lowest BCUT2D eigenvalue weighted by Crippen LogP contribution is -2.43. The first kappa shape index (κ1) is 32.0. The lowest BCUT2D eigenvalue weighted by atomic mass is 9.80. The summed E-state index contributed by atoms with van der Waals surface area (Å²) in [7, 11) is 0.